The van der Waals surface area contributed by atoms with E-state index in [0.717, 1.165) is 31.3 Å². The highest BCUT2D eigenvalue weighted by Gasteiger charge is 2.34. The van der Waals surface area contributed by atoms with Gasteiger partial charge in [0.25, 0.3) is 0 Å². The molecule has 0 aromatic rings. The Bertz CT molecular complexity index is 198. The molecule has 1 saturated heterocycles. The number of thiocarbonyl (C=S) groups is 1. The Balaban J connectivity index is 2.72. The Morgan fingerprint density at radius 1 is 1.69 bits per heavy atom. The molecule has 0 radical (unpaired) electrons. The minimum Gasteiger partial charge on any atom is -0.377 e. The highest BCUT2D eigenvalue weighted by molar-refractivity contribution is 7.80. The molecule has 1 heterocycles. The Kier molecular flexibility index (Phi) is 3.50. The maximum atomic E-state index is 5.47. The molecule has 0 aromatic heterocycles. The molecule has 3 nitrogen and oxygen atoms in total. The summed E-state index contributed by atoms with van der Waals surface area (Å²) in [7, 11) is 1.87. The van der Waals surface area contributed by atoms with Gasteiger partial charge in [-0.25, -0.2) is 0 Å². The van der Waals surface area contributed by atoms with Crippen molar-refractivity contribution in [3.05, 3.63) is 0 Å². The summed E-state index contributed by atoms with van der Waals surface area (Å²) in [6.45, 7) is 6.79. The summed E-state index contributed by atoms with van der Waals surface area (Å²) in [5.74, 6) is 0. The predicted molar refractivity (Wildman–Crippen MR) is 57.9 cm³/mol. The smallest absolute Gasteiger partial charge is 0.169 e. The summed E-state index contributed by atoms with van der Waals surface area (Å²) in [6.07, 6.45) is 1.05. The summed E-state index contributed by atoms with van der Waals surface area (Å²) in [4.78, 5) is 2.23. The van der Waals surface area contributed by atoms with Crippen molar-refractivity contribution in [2.45, 2.75) is 25.8 Å². The average molecular weight is 202 g/mol. The van der Waals surface area contributed by atoms with Crippen LogP contribution >= 0.6 is 12.2 Å². The van der Waals surface area contributed by atoms with Crippen LogP contribution in [0.15, 0.2) is 0 Å². The van der Waals surface area contributed by atoms with E-state index >= 15 is 0 Å². The first-order valence-electron chi connectivity index (χ1n) is 4.71. The summed E-state index contributed by atoms with van der Waals surface area (Å²) >= 11 is 5.25. The van der Waals surface area contributed by atoms with Gasteiger partial charge < -0.3 is 15.0 Å². The largest absolute Gasteiger partial charge is 0.377 e. The van der Waals surface area contributed by atoms with Gasteiger partial charge in [0.05, 0.1) is 18.8 Å². The molecule has 13 heavy (non-hydrogen) atoms. The Morgan fingerprint density at radius 3 is 2.92 bits per heavy atom. The van der Waals surface area contributed by atoms with Crippen molar-refractivity contribution in [1.82, 2.24) is 10.2 Å². The summed E-state index contributed by atoms with van der Waals surface area (Å²) in [6, 6.07) is 0. The number of nitrogens with zero attached hydrogens (tertiary/aromatic N) is 1. The van der Waals surface area contributed by atoms with Crippen molar-refractivity contribution >= 4 is 17.3 Å². The van der Waals surface area contributed by atoms with Gasteiger partial charge in [0, 0.05) is 13.6 Å². The summed E-state index contributed by atoms with van der Waals surface area (Å²) in [5, 5.41) is 3.85. The number of rotatable bonds is 1. The number of ether oxygens (including phenoxy) is 1. The van der Waals surface area contributed by atoms with Gasteiger partial charge in [-0.05, 0) is 25.6 Å². The van der Waals surface area contributed by atoms with E-state index in [4.69, 9.17) is 17.0 Å². The fourth-order valence-electron chi connectivity index (χ4n) is 1.57. The van der Waals surface area contributed by atoms with Gasteiger partial charge in [-0.3, -0.25) is 0 Å². The molecule has 1 N–H and O–H groups in total. The first kappa shape index (κ1) is 10.7. The molecule has 0 amide bonds. The monoisotopic (exact) mass is 202 g/mol. The van der Waals surface area contributed by atoms with E-state index in [1.54, 1.807) is 0 Å². The molecule has 0 bridgehead atoms. The third-order valence-corrected chi connectivity index (χ3v) is 3.17. The number of hydrogen-bond acceptors (Lipinski definition) is 2. The van der Waals surface area contributed by atoms with Crippen LogP contribution in [0.5, 0.6) is 0 Å². The highest BCUT2D eigenvalue weighted by atomic mass is 32.1. The lowest BCUT2D eigenvalue weighted by molar-refractivity contribution is -0.0260. The van der Waals surface area contributed by atoms with E-state index in [1.165, 1.54) is 0 Å². The van der Waals surface area contributed by atoms with Gasteiger partial charge >= 0.3 is 0 Å². The predicted octanol–water partition coefficient (Wildman–Crippen LogP) is 0.992. The van der Waals surface area contributed by atoms with Gasteiger partial charge in [0.2, 0.25) is 0 Å². The first-order chi connectivity index (χ1) is 6.14. The lowest BCUT2D eigenvalue weighted by Crippen LogP contribution is -2.59. The van der Waals surface area contributed by atoms with Gasteiger partial charge in [-0.2, -0.15) is 0 Å². The Morgan fingerprint density at radius 2 is 2.38 bits per heavy atom. The molecule has 1 aliphatic rings. The Labute approximate surface area is 85.4 Å². The van der Waals surface area contributed by atoms with Gasteiger partial charge in [0.15, 0.2) is 5.11 Å². The fraction of sp³-hybridized carbons (Fsp3) is 0.889. The quantitative estimate of drug-likeness (QED) is 0.641. The molecule has 1 atom stereocenters. The fourth-order valence-corrected chi connectivity index (χ4v) is 1.88. The molecule has 1 rings (SSSR count). The third-order valence-electron chi connectivity index (χ3n) is 2.74. The molecular formula is C9H18N2OS. The van der Waals surface area contributed by atoms with E-state index in [9.17, 15) is 0 Å². The van der Waals surface area contributed by atoms with Crippen molar-refractivity contribution in [2.75, 3.05) is 26.8 Å². The molecular weight excluding hydrogens is 184 g/mol. The van der Waals surface area contributed by atoms with Crippen molar-refractivity contribution in [1.29, 1.82) is 0 Å². The molecule has 0 spiro atoms. The topological polar surface area (TPSA) is 24.5 Å². The maximum Gasteiger partial charge on any atom is 0.169 e. The molecule has 1 aliphatic heterocycles. The van der Waals surface area contributed by atoms with Crippen LogP contribution in [0.1, 0.15) is 20.3 Å². The normalized spacial score (nSPS) is 28.7. The average Bonchev–Trinajstić information content (AvgIpc) is 2.17. The molecule has 0 aliphatic carbocycles. The summed E-state index contributed by atoms with van der Waals surface area (Å²) in [5.41, 5.74) is 0.0678. The second-order valence-corrected chi connectivity index (χ2v) is 4.00. The SMILES string of the molecule is CCC1(C)COCCN1C(=S)NC. The minimum atomic E-state index is 0.0678. The van der Waals surface area contributed by atoms with Crippen LogP contribution in [-0.2, 0) is 4.74 Å². The molecule has 0 aromatic carbocycles. The highest BCUT2D eigenvalue weighted by Crippen LogP contribution is 2.23. The molecule has 4 heteroatoms. The standard InChI is InChI=1S/C9H18N2OS/c1-4-9(2)7-12-6-5-11(9)8(13)10-3/h4-7H2,1-3H3,(H,10,13). The van der Waals surface area contributed by atoms with Gasteiger partial charge in [-0.15, -0.1) is 0 Å². The van der Waals surface area contributed by atoms with Crippen molar-refractivity contribution in [2.24, 2.45) is 0 Å². The number of morpholine rings is 1. The zero-order chi connectivity index (χ0) is 9.90. The zero-order valence-electron chi connectivity index (χ0n) is 8.59. The lowest BCUT2D eigenvalue weighted by atomic mass is 9.97. The van der Waals surface area contributed by atoms with E-state index in [2.05, 4.69) is 24.1 Å². The maximum absolute atomic E-state index is 5.47. The number of hydrogen-bond donors (Lipinski definition) is 1. The first-order valence-corrected chi connectivity index (χ1v) is 5.12. The molecule has 1 unspecified atom stereocenters. The third kappa shape index (κ3) is 2.11. The van der Waals surface area contributed by atoms with E-state index in [0.29, 0.717) is 0 Å². The van der Waals surface area contributed by atoms with E-state index in [1.807, 2.05) is 7.05 Å². The van der Waals surface area contributed by atoms with Crippen LogP contribution < -0.4 is 5.32 Å². The van der Waals surface area contributed by atoms with Crippen LogP contribution in [0.25, 0.3) is 0 Å². The zero-order valence-corrected chi connectivity index (χ0v) is 9.41. The minimum absolute atomic E-state index is 0.0678. The van der Waals surface area contributed by atoms with E-state index < -0.39 is 0 Å². The van der Waals surface area contributed by atoms with Gasteiger partial charge in [0.1, 0.15) is 0 Å². The second-order valence-electron chi connectivity index (χ2n) is 3.61. The molecule has 1 fully saturated rings. The number of nitrogens with one attached hydrogen (secondary N) is 1. The van der Waals surface area contributed by atoms with Crippen molar-refractivity contribution in [3.63, 3.8) is 0 Å². The lowest BCUT2D eigenvalue weighted by Gasteiger charge is -2.45. The summed E-state index contributed by atoms with van der Waals surface area (Å²) < 4.78 is 5.47. The van der Waals surface area contributed by atoms with Crippen LogP contribution in [0, 0.1) is 0 Å². The van der Waals surface area contributed by atoms with E-state index in [-0.39, 0.29) is 5.54 Å². The Hall–Kier alpha value is -0.350. The molecule has 76 valence electrons. The van der Waals surface area contributed by atoms with Crippen LogP contribution in [-0.4, -0.2) is 42.4 Å². The van der Waals surface area contributed by atoms with Crippen LogP contribution in [0.3, 0.4) is 0 Å². The van der Waals surface area contributed by atoms with Gasteiger partial charge in [-0.1, -0.05) is 6.92 Å². The van der Waals surface area contributed by atoms with Crippen molar-refractivity contribution < 1.29 is 4.74 Å². The molecule has 0 saturated carbocycles. The second kappa shape index (κ2) is 4.24. The van der Waals surface area contributed by atoms with Crippen LogP contribution in [0.2, 0.25) is 0 Å². The van der Waals surface area contributed by atoms with Crippen LogP contribution in [0.4, 0.5) is 0 Å². The van der Waals surface area contributed by atoms with Crippen molar-refractivity contribution in [3.8, 4) is 0 Å².